The second-order valence-electron chi connectivity index (χ2n) is 5.97. The van der Waals surface area contributed by atoms with Crippen LogP contribution in [0.4, 0.5) is 0 Å². The van der Waals surface area contributed by atoms with Crippen molar-refractivity contribution in [2.24, 2.45) is 0 Å². The van der Waals surface area contributed by atoms with Crippen molar-refractivity contribution < 1.29 is 8.42 Å². The smallest absolute Gasteiger partial charge is 0.175 e. The molecule has 4 heteroatoms. The van der Waals surface area contributed by atoms with Gasteiger partial charge in [0.1, 0.15) is 0 Å². The summed E-state index contributed by atoms with van der Waals surface area (Å²) >= 11 is 1.74. The van der Waals surface area contributed by atoms with Crippen molar-refractivity contribution in [3.8, 4) is 21.6 Å². The fraction of sp³-hybridized carbons (Fsp3) is 0.0476. The fourth-order valence-electron chi connectivity index (χ4n) is 3.01. The van der Waals surface area contributed by atoms with Crippen LogP contribution in [0.5, 0.6) is 0 Å². The molecule has 3 aromatic carbocycles. The number of fused-ring (bicyclic) bond motifs is 1. The quantitative estimate of drug-likeness (QED) is 0.471. The summed E-state index contributed by atoms with van der Waals surface area (Å²) in [7, 11) is -3.24. The Bertz CT molecular complexity index is 1160. The molecule has 0 spiro atoms. The molecule has 0 saturated carbocycles. The summed E-state index contributed by atoms with van der Waals surface area (Å²) < 4.78 is 25.1. The molecule has 0 bridgehead atoms. The van der Waals surface area contributed by atoms with E-state index < -0.39 is 9.84 Å². The van der Waals surface area contributed by atoms with Gasteiger partial charge in [-0.1, -0.05) is 60.7 Å². The highest BCUT2D eigenvalue weighted by molar-refractivity contribution is 7.90. The van der Waals surface area contributed by atoms with Crippen molar-refractivity contribution >= 4 is 31.3 Å². The molecular formula is C21H16O2S2. The largest absolute Gasteiger partial charge is 0.224 e. The number of sulfone groups is 1. The first-order valence-corrected chi connectivity index (χ1v) is 10.6. The minimum absolute atomic E-state index is 0.347. The number of rotatable bonds is 3. The number of hydrogen-bond donors (Lipinski definition) is 0. The van der Waals surface area contributed by atoms with Crippen LogP contribution in [-0.2, 0) is 9.84 Å². The Hall–Kier alpha value is -2.43. The van der Waals surface area contributed by atoms with Crippen LogP contribution < -0.4 is 0 Å². The molecular weight excluding hydrogens is 348 g/mol. The van der Waals surface area contributed by atoms with Crippen LogP contribution in [0.1, 0.15) is 0 Å². The van der Waals surface area contributed by atoms with Crippen molar-refractivity contribution in [1.29, 1.82) is 0 Å². The highest BCUT2D eigenvalue weighted by Gasteiger charge is 2.17. The first kappa shape index (κ1) is 16.1. The molecule has 1 heterocycles. The van der Waals surface area contributed by atoms with Gasteiger partial charge in [-0.15, -0.1) is 11.3 Å². The maximum absolute atomic E-state index is 12.0. The summed E-state index contributed by atoms with van der Waals surface area (Å²) in [6.07, 6.45) is 1.25. The van der Waals surface area contributed by atoms with E-state index in [1.54, 1.807) is 23.5 Å². The van der Waals surface area contributed by atoms with Gasteiger partial charge in [-0.25, -0.2) is 8.42 Å². The molecule has 0 aliphatic rings. The van der Waals surface area contributed by atoms with E-state index in [-0.39, 0.29) is 0 Å². The lowest BCUT2D eigenvalue weighted by atomic mass is 9.99. The van der Waals surface area contributed by atoms with E-state index in [0.29, 0.717) is 4.90 Å². The topological polar surface area (TPSA) is 34.1 Å². The van der Waals surface area contributed by atoms with Gasteiger partial charge >= 0.3 is 0 Å². The average Bonchev–Trinajstić information content (AvgIpc) is 3.01. The van der Waals surface area contributed by atoms with Gasteiger partial charge < -0.3 is 0 Å². The maximum atomic E-state index is 12.0. The fourth-order valence-corrected chi connectivity index (χ4v) is 4.90. The third-order valence-corrected chi connectivity index (χ3v) is 6.51. The molecule has 1 aromatic heterocycles. The molecule has 4 aromatic rings. The van der Waals surface area contributed by atoms with E-state index in [2.05, 4.69) is 24.3 Å². The Labute approximate surface area is 151 Å². The molecule has 0 aliphatic heterocycles. The zero-order chi connectivity index (χ0) is 17.4. The Kier molecular flexibility index (Phi) is 3.94. The molecule has 2 nitrogen and oxygen atoms in total. The van der Waals surface area contributed by atoms with Crippen molar-refractivity contribution in [3.63, 3.8) is 0 Å². The average molecular weight is 364 g/mol. The highest BCUT2D eigenvalue weighted by Crippen LogP contribution is 2.44. The van der Waals surface area contributed by atoms with Crippen molar-refractivity contribution in [3.05, 3.63) is 78.9 Å². The first-order chi connectivity index (χ1) is 12.0. The second-order valence-corrected chi connectivity index (χ2v) is 9.04. The van der Waals surface area contributed by atoms with Gasteiger partial charge in [0.15, 0.2) is 9.84 Å². The SMILES string of the molecule is CS(=O)(=O)c1cccc(-c2c(-c3ccccc3)sc3ccccc23)c1. The van der Waals surface area contributed by atoms with Crippen LogP contribution >= 0.6 is 11.3 Å². The van der Waals surface area contributed by atoms with Crippen molar-refractivity contribution in [2.45, 2.75) is 4.90 Å². The first-order valence-electron chi connectivity index (χ1n) is 7.91. The predicted molar refractivity (Wildman–Crippen MR) is 106 cm³/mol. The lowest BCUT2D eigenvalue weighted by Gasteiger charge is -2.07. The van der Waals surface area contributed by atoms with Gasteiger partial charge in [0.2, 0.25) is 0 Å². The molecule has 0 amide bonds. The van der Waals surface area contributed by atoms with E-state index >= 15 is 0 Å². The number of benzene rings is 3. The molecule has 0 unspecified atom stereocenters. The van der Waals surface area contributed by atoms with Crippen molar-refractivity contribution in [1.82, 2.24) is 0 Å². The Morgan fingerprint density at radius 1 is 0.760 bits per heavy atom. The van der Waals surface area contributed by atoms with Crippen molar-refractivity contribution in [2.75, 3.05) is 6.26 Å². The number of hydrogen-bond acceptors (Lipinski definition) is 3. The van der Waals surface area contributed by atoms with Crippen LogP contribution in [-0.4, -0.2) is 14.7 Å². The van der Waals surface area contributed by atoms with Gasteiger partial charge in [0.25, 0.3) is 0 Å². The third-order valence-electron chi connectivity index (χ3n) is 4.18. The molecule has 0 aliphatic carbocycles. The summed E-state index contributed by atoms with van der Waals surface area (Å²) in [5.74, 6) is 0. The third kappa shape index (κ3) is 2.99. The lowest BCUT2D eigenvalue weighted by molar-refractivity contribution is 0.602. The minimum Gasteiger partial charge on any atom is -0.224 e. The van der Waals surface area contributed by atoms with Gasteiger partial charge in [-0.05, 0) is 29.3 Å². The Morgan fingerprint density at radius 3 is 2.20 bits per heavy atom. The van der Waals surface area contributed by atoms with Crippen LogP contribution in [0, 0.1) is 0 Å². The predicted octanol–water partition coefficient (Wildman–Crippen LogP) is 5.64. The summed E-state index contributed by atoms with van der Waals surface area (Å²) in [6, 6.07) is 25.7. The molecule has 0 atom stereocenters. The molecule has 0 radical (unpaired) electrons. The highest BCUT2D eigenvalue weighted by atomic mass is 32.2. The van der Waals surface area contributed by atoms with Gasteiger partial charge in [0.05, 0.1) is 4.90 Å². The van der Waals surface area contributed by atoms with E-state index in [1.165, 1.54) is 11.0 Å². The summed E-state index contributed by atoms with van der Waals surface area (Å²) in [5, 5.41) is 1.15. The van der Waals surface area contributed by atoms with Crippen LogP contribution in [0.2, 0.25) is 0 Å². The molecule has 124 valence electrons. The lowest BCUT2D eigenvalue weighted by Crippen LogP contribution is -1.96. The molecule has 0 saturated heterocycles. The van der Waals surface area contributed by atoms with Gasteiger partial charge in [-0.3, -0.25) is 0 Å². The van der Waals surface area contributed by atoms with Crippen LogP contribution in [0.15, 0.2) is 83.8 Å². The van der Waals surface area contributed by atoms with Gasteiger partial charge in [-0.2, -0.15) is 0 Å². The van der Waals surface area contributed by atoms with E-state index in [4.69, 9.17) is 0 Å². The second kappa shape index (κ2) is 6.14. The number of thiophene rings is 1. The standard InChI is InChI=1S/C21H16O2S2/c1-25(22,23)17-11-7-10-16(14-17)20-18-12-5-6-13-19(18)24-21(20)15-8-3-2-4-9-15/h2-14H,1H3. The summed E-state index contributed by atoms with van der Waals surface area (Å²) in [4.78, 5) is 1.51. The summed E-state index contributed by atoms with van der Waals surface area (Å²) in [5.41, 5.74) is 3.17. The van der Waals surface area contributed by atoms with E-state index in [0.717, 1.165) is 27.0 Å². The molecule has 4 rings (SSSR count). The zero-order valence-electron chi connectivity index (χ0n) is 13.6. The van der Waals surface area contributed by atoms with E-state index in [9.17, 15) is 8.42 Å². The van der Waals surface area contributed by atoms with Crippen LogP contribution in [0.3, 0.4) is 0 Å². The maximum Gasteiger partial charge on any atom is 0.175 e. The molecule has 0 fully saturated rings. The Balaban J connectivity index is 2.04. The molecule has 0 N–H and O–H groups in total. The van der Waals surface area contributed by atoms with E-state index in [1.807, 2.05) is 42.5 Å². The summed E-state index contributed by atoms with van der Waals surface area (Å²) in [6.45, 7) is 0. The zero-order valence-corrected chi connectivity index (χ0v) is 15.3. The Morgan fingerprint density at radius 2 is 1.44 bits per heavy atom. The van der Waals surface area contributed by atoms with Gasteiger partial charge in [0, 0.05) is 26.8 Å². The van der Waals surface area contributed by atoms with Crippen LogP contribution in [0.25, 0.3) is 31.7 Å². The minimum atomic E-state index is -3.24. The molecule has 25 heavy (non-hydrogen) atoms. The monoisotopic (exact) mass is 364 g/mol. The normalized spacial score (nSPS) is 11.7.